The van der Waals surface area contributed by atoms with Gasteiger partial charge in [0.1, 0.15) is 11.6 Å². The third-order valence-corrected chi connectivity index (χ3v) is 5.04. The number of hydrogen-bond acceptors (Lipinski definition) is 4. The van der Waals surface area contributed by atoms with Gasteiger partial charge in [0.05, 0.1) is 12.5 Å². The number of aryl methyl sites for hydroxylation is 2. The fourth-order valence-electron chi connectivity index (χ4n) is 3.65. The second-order valence-electron chi connectivity index (χ2n) is 7.14. The fourth-order valence-corrected chi connectivity index (χ4v) is 3.65. The maximum atomic E-state index is 13.6. The summed E-state index contributed by atoms with van der Waals surface area (Å²) in [4.78, 5) is 29.3. The minimum absolute atomic E-state index is 0.246. The van der Waals surface area contributed by atoms with Gasteiger partial charge >= 0.3 is 12.0 Å². The van der Waals surface area contributed by atoms with E-state index in [2.05, 4.69) is 16.4 Å². The van der Waals surface area contributed by atoms with Crippen molar-refractivity contribution in [3.8, 4) is 0 Å². The number of aromatic nitrogens is 1. The second-order valence-corrected chi connectivity index (χ2v) is 7.14. The molecule has 0 aliphatic carbocycles. The first-order valence-corrected chi connectivity index (χ1v) is 9.70. The molecule has 1 aromatic carbocycles. The van der Waals surface area contributed by atoms with E-state index in [1.807, 2.05) is 6.07 Å². The highest BCUT2D eigenvalue weighted by atomic mass is 19.1. The quantitative estimate of drug-likeness (QED) is 0.631. The third-order valence-electron chi connectivity index (χ3n) is 5.04. The van der Waals surface area contributed by atoms with Gasteiger partial charge < -0.3 is 21.1 Å². The van der Waals surface area contributed by atoms with Crippen molar-refractivity contribution in [3.63, 3.8) is 0 Å². The number of urea groups is 1. The molecule has 4 N–H and O–H groups in total. The molecule has 0 fully saturated rings. The van der Waals surface area contributed by atoms with Crippen LogP contribution in [-0.2, 0) is 17.6 Å². The summed E-state index contributed by atoms with van der Waals surface area (Å²) in [6, 6.07) is 8.06. The number of nitrogens with one attached hydrogen (secondary N) is 1. The molecule has 0 radical (unpaired) electrons. The summed E-state index contributed by atoms with van der Waals surface area (Å²) < 4.78 is 13.6. The van der Waals surface area contributed by atoms with Crippen LogP contribution in [0.15, 0.2) is 36.4 Å². The number of benzene rings is 1. The minimum atomic E-state index is -1.09. The third kappa shape index (κ3) is 5.43. The SMILES string of the molecule is NC(=O)N(CCCc1ccc2c(n1)NCCC2)C(CC(=O)O)c1cccc(F)c1. The van der Waals surface area contributed by atoms with Gasteiger partial charge in [0.25, 0.3) is 0 Å². The van der Waals surface area contributed by atoms with E-state index >= 15 is 0 Å². The number of halogens is 1. The van der Waals surface area contributed by atoms with Crippen LogP contribution in [0.5, 0.6) is 0 Å². The van der Waals surface area contributed by atoms with Gasteiger partial charge in [0, 0.05) is 18.8 Å². The van der Waals surface area contributed by atoms with Crippen LogP contribution in [0.2, 0.25) is 0 Å². The van der Waals surface area contributed by atoms with Crippen molar-refractivity contribution in [2.75, 3.05) is 18.4 Å². The molecule has 1 aliphatic heterocycles. The van der Waals surface area contributed by atoms with Crippen molar-refractivity contribution in [1.82, 2.24) is 9.88 Å². The Kier molecular flexibility index (Phi) is 6.64. The molecule has 1 atom stereocenters. The number of pyridine rings is 1. The smallest absolute Gasteiger partial charge is 0.315 e. The number of fused-ring (bicyclic) bond motifs is 1. The van der Waals surface area contributed by atoms with Crippen molar-refractivity contribution in [2.45, 2.75) is 38.1 Å². The lowest BCUT2D eigenvalue weighted by atomic mass is 10.0. The molecule has 3 rings (SSSR count). The molecule has 2 amide bonds. The highest BCUT2D eigenvalue weighted by Crippen LogP contribution is 2.26. The monoisotopic (exact) mass is 400 g/mol. The van der Waals surface area contributed by atoms with Gasteiger partial charge in [-0.25, -0.2) is 14.2 Å². The summed E-state index contributed by atoms with van der Waals surface area (Å²) in [5, 5.41) is 12.6. The molecule has 154 valence electrons. The van der Waals surface area contributed by atoms with Crippen LogP contribution in [0, 0.1) is 5.82 Å². The van der Waals surface area contributed by atoms with Crippen molar-refractivity contribution < 1.29 is 19.1 Å². The zero-order chi connectivity index (χ0) is 20.8. The summed E-state index contributed by atoms with van der Waals surface area (Å²) in [5.74, 6) is -0.676. The number of aliphatic carboxylic acids is 1. The maximum absolute atomic E-state index is 13.6. The van der Waals surface area contributed by atoms with E-state index in [1.54, 1.807) is 6.07 Å². The average Bonchev–Trinajstić information content (AvgIpc) is 2.69. The summed E-state index contributed by atoms with van der Waals surface area (Å²) in [5.41, 5.74) is 8.03. The molecule has 2 aromatic rings. The van der Waals surface area contributed by atoms with Crippen LogP contribution >= 0.6 is 0 Å². The van der Waals surface area contributed by atoms with Gasteiger partial charge in [0.2, 0.25) is 0 Å². The summed E-state index contributed by atoms with van der Waals surface area (Å²) in [6.45, 7) is 1.15. The van der Waals surface area contributed by atoms with Gasteiger partial charge in [-0.2, -0.15) is 0 Å². The van der Waals surface area contributed by atoms with E-state index in [9.17, 15) is 19.1 Å². The Morgan fingerprint density at radius 3 is 2.86 bits per heavy atom. The van der Waals surface area contributed by atoms with Crippen LogP contribution in [0.4, 0.5) is 15.0 Å². The number of rotatable bonds is 8. The molecule has 0 saturated heterocycles. The van der Waals surface area contributed by atoms with Crippen LogP contribution in [-0.4, -0.2) is 40.1 Å². The zero-order valence-electron chi connectivity index (χ0n) is 16.1. The Bertz CT molecular complexity index is 890. The molecule has 1 aliphatic rings. The van der Waals surface area contributed by atoms with Crippen molar-refractivity contribution >= 4 is 17.8 Å². The predicted molar refractivity (Wildman–Crippen MR) is 107 cm³/mol. The number of carboxylic acids is 1. The first-order valence-electron chi connectivity index (χ1n) is 9.70. The first-order chi connectivity index (χ1) is 13.9. The van der Waals surface area contributed by atoms with Crippen LogP contribution < -0.4 is 11.1 Å². The topological polar surface area (TPSA) is 109 Å². The van der Waals surface area contributed by atoms with Gasteiger partial charge in [-0.15, -0.1) is 0 Å². The maximum Gasteiger partial charge on any atom is 0.315 e. The van der Waals surface area contributed by atoms with Crippen molar-refractivity contribution in [3.05, 3.63) is 59.0 Å². The fraction of sp³-hybridized carbons (Fsp3) is 0.381. The molecule has 1 unspecified atom stereocenters. The Morgan fingerprint density at radius 2 is 2.14 bits per heavy atom. The molecule has 0 spiro atoms. The number of carboxylic acid groups (broad SMARTS) is 1. The van der Waals surface area contributed by atoms with Crippen molar-refractivity contribution in [1.29, 1.82) is 0 Å². The normalized spacial score (nSPS) is 13.8. The van der Waals surface area contributed by atoms with E-state index in [-0.39, 0.29) is 13.0 Å². The minimum Gasteiger partial charge on any atom is -0.481 e. The summed E-state index contributed by atoms with van der Waals surface area (Å²) >= 11 is 0. The lowest BCUT2D eigenvalue weighted by Gasteiger charge is -2.30. The Labute approximate surface area is 168 Å². The highest BCUT2D eigenvalue weighted by Gasteiger charge is 2.26. The molecule has 1 aromatic heterocycles. The number of amides is 2. The number of nitrogens with two attached hydrogens (primary N) is 1. The molecule has 2 heterocycles. The predicted octanol–water partition coefficient (Wildman–Crippen LogP) is 3.11. The summed E-state index contributed by atoms with van der Waals surface area (Å²) in [7, 11) is 0. The lowest BCUT2D eigenvalue weighted by Crippen LogP contribution is -2.40. The summed E-state index contributed by atoms with van der Waals surface area (Å²) in [6.07, 6.45) is 2.91. The van der Waals surface area contributed by atoms with Gasteiger partial charge in [-0.3, -0.25) is 4.79 Å². The molecule has 0 bridgehead atoms. The molecule has 7 nitrogen and oxygen atoms in total. The van der Waals surface area contributed by atoms with Crippen molar-refractivity contribution in [2.24, 2.45) is 5.73 Å². The first kappa shape index (κ1) is 20.6. The van der Waals surface area contributed by atoms with E-state index in [4.69, 9.17) is 5.73 Å². The number of hydrogen-bond donors (Lipinski definition) is 3. The van der Waals surface area contributed by atoms with Crippen LogP contribution in [0.3, 0.4) is 0 Å². The van der Waals surface area contributed by atoms with E-state index in [1.165, 1.54) is 28.7 Å². The van der Waals surface area contributed by atoms with Gasteiger partial charge in [0.15, 0.2) is 0 Å². The average molecular weight is 400 g/mol. The Morgan fingerprint density at radius 1 is 1.31 bits per heavy atom. The number of carbonyl (C=O) groups excluding carboxylic acids is 1. The highest BCUT2D eigenvalue weighted by molar-refractivity contribution is 5.74. The second kappa shape index (κ2) is 9.36. The number of nitrogens with zero attached hydrogens (tertiary/aromatic N) is 2. The standard InChI is InChI=1S/C21H25FN4O3/c22-16-6-1-4-15(12-16)18(13-19(27)28)26(21(23)29)11-3-7-17-9-8-14-5-2-10-24-20(14)25-17/h1,4,6,8-9,12,18H,2-3,5,7,10-11,13H2,(H2,23,29)(H,24,25)(H,27,28). The number of anilines is 1. The molecule has 0 saturated carbocycles. The van der Waals surface area contributed by atoms with E-state index < -0.39 is 23.9 Å². The van der Waals surface area contributed by atoms with Gasteiger partial charge in [-0.1, -0.05) is 18.2 Å². The molecular formula is C21H25FN4O3. The molecular weight excluding hydrogens is 375 g/mol. The van der Waals surface area contributed by atoms with Crippen LogP contribution in [0.25, 0.3) is 0 Å². The largest absolute Gasteiger partial charge is 0.481 e. The van der Waals surface area contributed by atoms with Crippen LogP contribution in [0.1, 0.15) is 42.1 Å². The van der Waals surface area contributed by atoms with E-state index in [0.717, 1.165) is 30.9 Å². The van der Waals surface area contributed by atoms with Gasteiger partial charge in [-0.05, 0) is 55.0 Å². The number of carbonyl (C=O) groups is 2. The molecule has 29 heavy (non-hydrogen) atoms. The molecule has 8 heteroatoms. The Hall–Kier alpha value is -3.16. The Balaban J connectivity index is 1.70. The number of primary amides is 1. The van der Waals surface area contributed by atoms with E-state index in [0.29, 0.717) is 18.4 Å². The lowest BCUT2D eigenvalue weighted by molar-refractivity contribution is -0.138. The zero-order valence-corrected chi connectivity index (χ0v) is 16.1.